The highest BCUT2D eigenvalue weighted by Crippen LogP contribution is 2.34. The summed E-state index contributed by atoms with van der Waals surface area (Å²) in [6.45, 7) is 4.40. The van der Waals surface area contributed by atoms with Gasteiger partial charge in [0.15, 0.2) is 6.10 Å². The zero-order valence-corrected chi connectivity index (χ0v) is 17.7. The number of amides is 1. The molecule has 1 atom stereocenters. The fourth-order valence-electron chi connectivity index (χ4n) is 4.44. The van der Waals surface area contributed by atoms with Gasteiger partial charge in [-0.05, 0) is 49.9 Å². The van der Waals surface area contributed by atoms with E-state index in [4.69, 9.17) is 4.74 Å². The Balaban J connectivity index is 1.45. The van der Waals surface area contributed by atoms with Crippen LogP contribution in [0, 0.1) is 6.92 Å². The Hall–Kier alpha value is -3.35. The van der Waals surface area contributed by atoms with Crippen LogP contribution in [-0.4, -0.2) is 45.9 Å². The van der Waals surface area contributed by atoms with E-state index in [1.807, 2.05) is 48.2 Å². The van der Waals surface area contributed by atoms with Crippen molar-refractivity contribution in [1.29, 1.82) is 0 Å². The lowest BCUT2D eigenvalue weighted by molar-refractivity contribution is -0.139. The van der Waals surface area contributed by atoms with E-state index in [1.54, 1.807) is 16.7 Å². The molecule has 2 aromatic heterocycles. The second-order valence-corrected chi connectivity index (χ2v) is 8.36. The van der Waals surface area contributed by atoms with E-state index in [9.17, 15) is 9.59 Å². The molecule has 0 spiro atoms. The van der Waals surface area contributed by atoms with Gasteiger partial charge in [0.1, 0.15) is 11.4 Å². The van der Waals surface area contributed by atoms with Gasteiger partial charge in [-0.3, -0.25) is 14.0 Å². The van der Waals surface area contributed by atoms with E-state index in [2.05, 4.69) is 9.88 Å². The first kappa shape index (κ1) is 19.6. The van der Waals surface area contributed by atoms with Crippen LogP contribution in [0.1, 0.15) is 30.5 Å². The van der Waals surface area contributed by atoms with E-state index in [0.29, 0.717) is 30.2 Å². The van der Waals surface area contributed by atoms with Gasteiger partial charge in [0, 0.05) is 25.4 Å². The Bertz CT molecular complexity index is 1180. The summed E-state index contributed by atoms with van der Waals surface area (Å²) in [6.07, 6.45) is 4.50. The lowest BCUT2D eigenvalue weighted by Crippen LogP contribution is -2.51. The van der Waals surface area contributed by atoms with Gasteiger partial charge in [-0.2, -0.15) is 0 Å². The fourth-order valence-corrected chi connectivity index (χ4v) is 4.44. The molecule has 31 heavy (non-hydrogen) atoms. The first-order valence-corrected chi connectivity index (χ1v) is 10.9. The molecule has 1 amide bonds. The number of hydrogen-bond acceptors (Lipinski definition) is 5. The number of rotatable bonds is 3. The maximum absolute atomic E-state index is 13.1. The summed E-state index contributed by atoms with van der Waals surface area (Å²) in [6, 6.07) is 13.1. The standard InChI is InChI=1S/C24H26N4O3/c1-17-9-10-22-25-18(13-23(29)28(22)14-17)15-27-16-21(24(30)26-11-5-2-6-12-26)31-20-8-4-3-7-19(20)27/h3-4,7-10,13-14,21H,2,5-6,11-12,15-16H2,1H3/t21-/m0/s1. The molecule has 7 nitrogen and oxygen atoms in total. The lowest BCUT2D eigenvalue weighted by Gasteiger charge is -2.38. The number of likely N-dealkylation sites (tertiary alicyclic amines) is 1. The molecule has 0 radical (unpaired) electrons. The van der Waals surface area contributed by atoms with Crippen molar-refractivity contribution >= 4 is 17.2 Å². The van der Waals surface area contributed by atoms with E-state index >= 15 is 0 Å². The Morgan fingerprint density at radius 2 is 1.94 bits per heavy atom. The molecule has 2 aliphatic heterocycles. The van der Waals surface area contributed by atoms with Gasteiger partial charge in [-0.15, -0.1) is 0 Å². The molecular formula is C24H26N4O3. The zero-order valence-electron chi connectivity index (χ0n) is 17.7. The van der Waals surface area contributed by atoms with Crippen LogP contribution in [-0.2, 0) is 11.3 Å². The number of benzene rings is 1. The number of ether oxygens (including phenoxy) is 1. The van der Waals surface area contributed by atoms with Crippen LogP contribution < -0.4 is 15.2 Å². The smallest absolute Gasteiger partial charge is 0.265 e. The Morgan fingerprint density at radius 3 is 2.77 bits per heavy atom. The predicted octanol–water partition coefficient (Wildman–Crippen LogP) is 2.78. The second kappa shape index (κ2) is 8.06. The number of nitrogens with zero attached hydrogens (tertiary/aromatic N) is 4. The predicted molar refractivity (Wildman–Crippen MR) is 119 cm³/mol. The summed E-state index contributed by atoms with van der Waals surface area (Å²) in [5.41, 5.74) is 3.11. The average Bonchev–Trinajstić information content (AvgIpc) is 2.79. The minimum atomic E-state index is -0.558. The molecule has 0 saturated carbocycles. The number of carbonyl (C=O) groups is 1. The van der Waals surface area contributed by atoms with Gasteiger partial charge in [0.2, 0.25) is 0 Å². The molecule has 160 valence electrons. The summed E-state index contributed by atoms with van der Waals surface area (Å²) >= 11 is 0. The van der Waals surface area contributed by atoms with Crippen molar-refractivity contribution < 1.29 is 9.53 Å². The Labute approximate surface area is 180 Å². The molecule has 2 aliphatic rings. The van der Waals surface area contributed by atoms with E-state index in [0.717, 1.165) is 37.2 Å². The zero-order chi connectivity index (χ0) is 21.4. The van der Waals surface area contributed by atoms with Crippen molar-refractivity contribution in [2.45, 2.75) is 38.8 Å². The first-order chi connectivity index (χ1) is 15.1. The maximum Gasteiger partial charge on any atom is 0.265 e. The summed E-state index contributed by atoms with van der Waals surface area (Å²) < 4.78 is 7.67. The van der Waals surface area contributed by atoms with Gasteiger partial charge >= 0.3 is 0 Å². The van der Waals surface area contributed by atoms with Crippen molar-refractivity contribution in [2.75, 3.05) is 24.5 Å². The molecule has 0 N–H and O–H groups in total. The van der Waals surface area contributed by atoms with Gasteiger partial charge in [-0.1, -0.05) is 18.2 Å². The van der Waals surface area contributed by atoms with Crippen LogP contribution in [0.3, 0.4) is 0 Å². The van der Waals surface area contributed by atoms with Gasteiger partial charge < -0.3 is 14.5 Å². The quantitative estimate of drug-likeness (QED) is 0.654. The highest BCUT2D eigenvalue weighted by molar-refractivity contribution is 5.83. The molecule has 1 fully saturated rings. The molecular weight excluding hydrogens is 392 g/mol. The summed E-state index contributed by atoms with van der Waals surface area (Å²) in [5, 5.41) is 0. The van der Waals surface area contributed by atoms with E-state index < -0.39 is 6.10 Å². The van der Waals surface area contributed by atoms with Crippen molar-refractivity contribution in [3.63, 3.8) is 0 Å². The highest BCUT2D eigenvalue weighted by Gasteiger charge is 2.34. The van der Waals surface area contributed by atoms with Crippen LogP contribution in [0.25, 0.3) is 5.65 Å². The van der Waals surface area contributed by atoms with E-state index in [-0.39, 0.29) is 11.5 Å². The number of aryl methyl sites for hydroxylation is 1. The number of aromatic nitrogens is 2. The number of pyridine rings is 1. The van der Waals surface area contributed by atoms with Gasteiger partial charge in [-0.25, -0.2) is 4.98 Å². The molecule has 5 rings (SSSR count). The monoisotopic (exact) mass is 418 g/mol. The number of fused-ring (bicyclic) bond motifs is 2. The van der Waals surface area contributed by atoms with Gasteiger partial charge in [0.05, 0.1) is 24.5 Å². The van der Waals surface area contributed by atoms with Gasteiger partial charge in [0.25, 0.3) is 11.5 Å². The molecule has 0 bridgehead atoms. The van der Waals surface area contributed by atoms with E-state index in [1.165, 1.54) is 6.42 Å². The number of anilines is 1. The summed E-state index contributed by atoms with van der Waals surface area (Å²) in [7, 11) is 0. The second-order valence-electron chi connectivity index (χ2n) is 8.36. The molecule has 1 saturated heterocycles. The maximum atomic E-state index is 13.1. The molecule has 4 heterocycles. The fraction of sp³-hybridized carbons (Fsp3) is 0.375. The summed E-state index contributed by atoms with van der Waals surface area (Å²) in [4.78, 5) is 34.5. The minimum Gasteiger partial charge on any atom is -0.477 e. The third-order valence-electron chi connectivity index (χ3n) is 6.02. The van der Waals surface area contributed by atoms with Crippen molar-refractivity contribution in [2.24, 2.45) is 0 Å². The highest BCUT2D eigenvalue weighted by atomic mass is 16.5. The third-order valence-corrected chi connectivity index (χ3v) is 6.02. The lowest BCUT2D eigenvalue weighted by atomic mass is 10.1. The van der Waals surface area contributed by atoms with Crippen molar-refractivity contribution in [3.05, 3.63) is 70.3 Å². The normalized spacial score (nSPS) is 18.5. The molecule has 3 aromatic rings. The number of para-hydroxylation sites is 2. The third kappa shape index (κ3) is 3.87. The largest absolute Gasteiger partial charge is 0.477 e. The number of hydrogen-bond donors (Lipinski definition) is 0. The number of carbonyl (C=O) groups excluding carboxylic acids is 1. The Kier molecular flexibility index (Phi) is 5.10. The SMILES string of the molecule is Cc1ccc2nc(CN3C[C@@H](C(=O)N4CCCCC4)Oc4ccccc43)cc(=O)n2c1. The molecule has 1 aromatic carbocycles. The van der Waals surface area contributed by atoms with Crippen molar-refractivity contribution in [1.82, 2.24) is 14.3 Å². The molecule has 0 unspecified atom stereocenters. The van der Waals surface area contributed by atoms with Crippen LogP contribution in [0.5, 0.6) is 5.75 Å². The van der Waals surface area contributed by atoms with Crippen LogP contribution in [0.2, 0.25) is 0 Å². The molecule has 0 aliphatic carbocycles. The molecule has 7 heteroatoms. The van der Waals surface area contributed by atoms with Crippen molar-refractivity contribution in [3.8, 4) is 5.75 Å². The van der Waals surface area contributed by atoms with Crippen LogP contribution in [0.4, 0.5) is 5.69 Å². The van der Waals surface area contributed by atoms with Crippen LogP contribution in [0.15, 0.2) is 53.5 Å². The summed E-state index contributed by atoms with van der Waals surface area (Å²) in [5.74, 6) is 0.735. The average molecular weight is 418 g/mol. The van der Waals surface area contributed by atoms with Crippen LogP contribution >= 0.6 is 0 Å². The topological polar surface area (TPSA) is 67.2 Å². The minimum absolute atomic E-state index is 0.0428. The number of piperidine rings is 1. The first-order valence-electron chi connectivity index (χ1n) is 10.9. The Morgan fingerprint density at radius 1 is 1.13 bits per heavy atom.